The van der Waals surface area contributed by atoms with E-state index in [1.54, 1.807) is 0 Å². The second-order valence-corrected chi connectivity index (χ2v) is 7.64. The van der Waals surface area contributed by atoms with Crippen LogP contribution in [0.25, 0.3) is 0 Å². The lowest BCUT2D eigenvalue weighted by atomic mass is 9.94. The molecule has 0 bridgehead atoms. The van der Waals surface area contributed by atoms with Crippen molar-refractivity contribution >= 4 is 11.8 Å². The highest BCUT2D eigenvalue weighted by atomic mass is 32.2. The van der Waals surface area contributed by atoms with Gasteiger partial charge in [-0.15, -0.1) is 0 Å². The van der Waals surface area contributed by atoms with Crippen LogP contribution >= 0.6 is 11.8 Å². The van der Waals surface area contributed by atoms with Crippen molar-refractivity contribution in [3.8, 4) is 0 Å². The first kappa shape index (κ1) is 13.3. The zero-order chi connectivity index (χ0) is 12.4. The monoisotopic (exact) mass is 268 g/mol. The quantitative estimate of drug-likeness (QED) is 0.825. The van der Waals surface area contributed by atoms with Crippen LogP contribution in [0.2, 0.25) is 0 Å². The van der Waals surface area contributed by atoms with Gasteiger partial charge in [-0.05, 0) is 70.2 Å². The zero-order valence-electron chi connectivity index (χ0n) is 11.7. The molecule has 18 heavy (non-hydrogen) atoms. The zero-order valence-corrected chi connectivity index (χ0v) is 12.6. The lowest BCUT2D eigenvalue weighted by molar-refractivity contribution is 0.187. The molecule has 1 N–H and O–H groups in total. The number of nitrogens with zero attached hydrogens (tertiary/aromatic N) is 1. The van der Waals surface area contributed by atoms with Crippen molar-refractivity contribution in [2.75, 3.05) is 25.9 Å². The third-order valence-electron chi connectivity index (χ3n) is 5.08. The van der Waals surface area contributed by atoms with Gasteiger partial charge in [0.15, 0.2) is 0 Å². The molecule has 3 aliphatic rings. The lowest BCUT2D eigenvalue weighted by Gasteiger charge is -2.34. The van der Waals surface area contributed by atoms with Crippen molar-refractivity contribution in [1.82, 2.24) is 10.2 Å². The number of likely N-dealkylation sites (tertiary alicyclic amines) is 1. The van der Waals surface area contributed by atoms with Crippen molar-refractivity contribution in [2.24, 2.45) is 5.92 Å². The van der Waals surface area contributed by atoms with Crippen molar-refractivity contribution in [3.05, 3.63) is 0 Å². The minimum atomic E-state index is 0.885. The van der Waals surface area contributed by atoms with Crippen molar-refractivity contribution in [2.45, 2.75) is 62.3 Å². The highest BCUT2D eigenvalue weighted by Gasteiger charge is 2.31. The SMILES string of the molecule is CSC1CCC(N2CCC(CNC3CC3)C2)CC1. The fourth-order valence-corrected chi connectivity index (χ4v) is 4.37. The van der Waals surface area contributed by atoms with Crippen LogP contribution in [0.4, 0.5) is 0 Å². The molecule has 1 heterocycles. The van der Waals surface area contributed by atoms with Crippen LogP contribution in [0, 0.1) is 5.92 Å². The van der Waals surface area contributed by atoms with E-state index in [1.807, 2.05) is 0 Å². The second kappa shape index (κ2) is 6.15. The van der Waals surface area contributed by atoms with E-state index in [9.17, 15) is 0 Å². The third-order valence-corrected chi connectivity index (χ3v) is 6.22. The van der Waals surface area contributed by atoms with Crippen LogP contribution in [-0.4, -0.2) is 48.1 Å². The van der Waals surface area contributed by atoms with Gasteiger partial charge in [0.05, 0.1) is 0 Å². The van der Waals surface area contributed by atoms with Gasteiger partial charge in [-0.25, -0.2) is 0 Å². The van der Waals surface area contributed by atoms with Gasteiger partial charge in [-0.2, -0.15) is 11.8 Å². The summed E-state index contributed by atoms with van der Waals surface area (Å²) >= 11 is 2.08. The molecule has 0 aromatic rings. The van der Waals surface area contributed by atoms with Gasteiger partial charge in [0.2, 0.25) is 0 Å². The summed E-state index contributed by atoms with van der Waals surface area (Å²) in [7, 11) is 0. The van der Waals surface area contributed by atoms with Gasteiger partial charge in [0, 0.05) is 23.9 Å². The number of nitrogens with one attached hydrogen (secondary N) is 1. The standard InChI is InChI=1S/C15H28N2S/c1-18-15-6-4-14(5-7-15)17-9-8-12(11-17)10-16-13-2-3-13/h12-16H,2-11H2,1H3. The van der Waals surface area contributed by atoms with Crippen LogP contribution in [0.1, 0.15) is 44.9 Å². The normalized spacial score (nSPS) is 38.2. The van der Waals surface area contributed by atoms with Gasteiger partial charge >= 0.3 is 0 Å². The Balaban J connectivity index is 1.38. The first-order valence-corrected chi connectivity index (χ1v) is 9.14. The van der Waals surface area contributed by atoms with E-state index in [-0.39, 0.29) is 0 Å². The molecule has 0 amide bonds. The van der Waals surface area contributed by atoms with E-state index in [2.05, 4.69) is 28.2 Å². The van der Waals surface area contributed by atoms with Crippen LogP contribution in [-0.2, 0) is 0 Å². The molecule has 0 aromatic carbocycles. The highest BCUT2D eigenvalue weighted by molar-refractivity contribution is 7.99. The van der Waals surface area contributed by atoms with Gasteiger partial charge < -0.3 is 10.2 Å². The van der Waals surface area contributed by atoms with Gasteiger partial charge in [-0.3, -0.25) is 0 Å². The Kier molecular flexibility index (Phi) is 4.53. The predicted molar refractivity (Wildman–Crippen MR) is 80.3 cm³/mol. The Morgan fingerprint density at radius 2 is 1.83 bits per heavy atom. The fourth-order valence-electron chi connectivity index (χ4n) is 3.63. The van der Waals surface area contributed by atoms with E-state index in [0.29, 0.717) is 0 Å². The maximum Gasteiger partial charge on any atom is 0.00961 e. The summed E-state index contributed by atoms with van der Waals surface area (Å²) in [6.45, 7) is 4.02. The minimum Gasteiger partial charge on any atom is -0.314 e. The van der Waals surface area contributed by atoms with Gasteiger partial charge in [0.1, 0.15) is 0 Å². The minimum absolute atomic E-state index is 0.885. The van der Waals surface area contributed by atoms with Gasteiger partial charge in [-0.1, -0.05) is 0 Å². The maximum atomic E-state index is 3.71. The van der Waals surface area contributed by atoms with Crippen LogP contribution in [0.3, 0.4) is 0 Å². The second-order valence-electron chi connectivity index (χ2n) is 6.50. The van der Waals surface area contributed by atoms with Crippen molar-refractivity contribution in [1.29, 1.82) is 0 Å². The average Bonchev–Trinajstić information content (AvgIpc) is 3.14. The van der Waals surface area contributed by atoms with E-state index in [0.717, 1.165) is 23.3 Å². The van der Waals surface area contributed by atoms with E-state index in [1.165, 1.54) is 64.6 Å². The lowest BCUT2D eigenvalue weighted by Crippen LogP contribution is -2.37. The van der Waals surface area contributed by atoms with Crippen LogP contribution in [0.5, 0.6) is 0 Å². The maximum absolute atomic E-state index is 3.71. The molecule has 1 aliphatic heterocycles. The Morgan fingerprint density at radius 3 is 2.50 bits per heavy atom. The summed E-state index contributed by atoms with van der Waals surface area (Å²) in [5.74, 6) is 0.934. The smallest absolute Gasteiger partial charge is 0.00961 e. The Hall–Kier alpha value is 0.270. The number of rotatable bonds is 5. The van der Waals surface area contributed by atoms with Crippen molar-refractivity contribution < 1.29 is 0 Å². The Bertz CT molecular complexity index is 259. The summed E-state index contributed by atoms with van der Waals surface area (Å²) in [4.78, 5) is 2.80. The first-order valence-electron chi connectivity index (χ1n) is 7.85. The largest absolute Gasteiger partial charge is 0.314 e. The summed E-state index contributed by atoms with van der Waals surface area (Å²) in [6, 6.07) is 1.80. The van der Waals surface area contributed by atoms with Gasteiger partial charge in [0.25, 0.3) is 0 Å². The number of hydrogen-bond acceptors (Lipinski definition) is 3. The van der Waals surface area contributed by atoms with E-state index < -0.39 is 0 Å². The number of thioether (sulfide) groups is 1. The molecule has 2 nitrogen and oxygen atoms in total. The summed E-state index contributed by atoms with van der Waals surface area (Å²) in [6.07, 6.45) is 12.4. The Morgan fingerprint density at radius 1 is 1.06 bits per heavy atom. The molecule has 2 aliphatic carbocycles. The molecule has 0 radical (unpaired) electrons. The highest BCUT2D eigenvalue weighted by Crippen LogP contribution is 2.32. The average molecular weight is 268 g/mol. The summed E-state index contributed by atoms with van der Waals surface area (Å²) in [5.41, 5.74) is 0. The molecule has 1 saturated heterocycles. The molecular weight excluding hydrogens is 240 g/mol. The molecular formula is C15H28N2S. The van der Waals surface area contributed by atoms with Crippen LogP contribution < -0.4 is 5.32 Å². The molecule has 3 fully saturated rings. The molecule has 1 atom stereocenters. The summed E-state index contributed by atoms with van der Waals surface area (Å²) in [5, 5.41) is 4.66. The van der Waals surface area contributed by atoms with E-state index in [4.69, 9.17) is 0 Å². The molecule has 104 valence electrons. The first-order chi connectivity index (χ1) is 8.85. The summed E-state index contributed by atoms with van der Waals surface area (Å²) < 4.78 is 0. The number of hydrogen-bond donors (Lipinski definition) is 1. The predicted octanol–water partition coefficient (Wildman–Crippen LogP) is 2.73. The van der Waals surface area contributed by atoms with Crippen molar-refractivity contribution in [3.63, 3.8) is 0 Å². The fraction of sp³-hybridized carbons (Fsp3) is 1.00. The molecule has 0 aromatic heterocycles. The molecule has 1 unspecified atom stereocenters. The Labute approximate surface area is 116 Å². The molecule has 3 heteroatoms. The molecule has 3 rings (SSSR count). The molecule has 0 spiro atoms. The molecule has 2 saturated carbocycles. The third kappa shape index (κ3) is 3.43. The van der Waals surface area contributed by atoms with E-state index >= 15 is 0 Å². The topological polar surface area (TPSA) is 15.3 Å². The van der Waals surface area contributed by atoms with Crippen LogP contribution in [0.15, 0.2) is 0 Å².